The third-order valence-electron chi connectivity index (χ3n) is 2.41. The lowest BCUT2D eigenvalue weighted by Crippen LogP contribution is -2.44. The van der Waals surface area contributed by atoms with Gasteiger partial charge in [-0.25, -0.2) is 9.59 Å². The van der Waals surface area contributed by atoms with Gasteiger partial charge in [0.25, 0.3) is 0 Å². The Hall–Kier alpha value is -1.02. The van der Waals surface area contributed by atoms with Gasteiger partial charge in [0.2, 0.25) is 0 Å². The minimum absolute atomic E-state index is 0.130. The summed E-state index contributed by atoms with van der Waals surface area (Å²) in [5.74, 6) is -1.13. The number of carboxylic acid groups (broad SMARTS) is 1. The molecule has 1 atom stereocenters. The fourth-order valence-electron chi connectivity index (χ4n) is 1.55. The molecule has 0 saturated heterocycles. The third-order valence-corrected chi connectivity index (χ3v) is 3.99. The number of halogens is 2. The molecule has 5 nitrogen and oxygen atoms in total. The number of alkyl carbamates (subject to hydrolysis) is 1. The highest BCUT2D eigenvalue weighted by Gasteiger charge is 2.24. The molecule has 0 unspecified atom stereocenters. The van der Waals surface area contributed by atoms with Crippen LogP contribution in [0.4, 0.5) is 4.79 Å². The number of aliphatic carboxylic acids is 1. The van der Waals surface area contributed by atoms with Crippen LogP contribution in [0.5, 0.6) is 0 Å². The van der Waals surface area contributed by atoms with Crippen LogP contribution in [-0.2, 0) is 16.0 Å². The molecule has 0 radical (unpaired) electrons. The summed E-state index contributed by atoms with van der Waals surface area (Å²) in [6, 6.07) is 4.19. The summed E-state index contributed by atoms with van der Waals surface area (Å²) in [6.07, 6.45) is -0.628. The maximum Gasteiger partial charge on any atom is 0.408 e. The SMILES string of the molecule is CC(C)(C)OC(=O)N[C@H](Cc1ccc(I)c(Cl)c1)C(=O)O. The van der Waals surface area contributed by atoms with Crippen molar-refractivity contribution in [2.24, 2.45) is 0 Å². The van der Waals surface area contributed by atoms with E-state index in [4.69, 9.17) is 16.3 Å². The second-order valence-corrected chi connectivity index (χ2v) is 7.06. The molecule has 2 N–H and O–H groups in total. The zero-order chi connectivity index (χ0) is 16.2. The zero-order valence-electron chi connectivity index (χ0n) is 11.9. The molecule has 1 aromatic carbocycles. The number of carbonyl (C=O) groups is 2. The van der Waals surface area contributed by atoms with E-state index in [-0.39, 0.29) is 6.42 Å². The van der Waals surface area contributed by atoms with Crippen molar-refractivity contribution >= 4 is 46.3 Å². The first-order chi connectivity index (χ1) is 9.58. The highest BCUT2D eigenvalue weighted by Crippen LogP contribution is 2.20. The first kappa shape index (κ1) is 18.0. The van der Waals surface area contributed by atoms with Crippen LogP contribution < -0.4 is 5.32 Å². The van der Waals surface area contributed by atoms with Crippen LogP contribution >= 0.6 is 34.2 Å². The zero-order valence-corrected chi connectivity index (χ0v) is 14.9. The van der Waals surface area contributed by atoms with E-state index in [1.807, 2.05) is 0 Å². The average molecular weight is 426 g/mol. The lowest BCUT2D eigenvalue weighted by molar-refractivity contribution is -0.139. The fraction of sp³-hybridized carbons (Fsp3) is 0.429. The maximum absolute atomic E-state index is 11.7. The van der Waals surface area contributed by atoms with Crippen molar-refractivity contribution in [3.8, 4) is 0 Å². The van der Waals surface area contributed by atoms with E-state index in [2.05, 4.69) is 27.9 Å². The molecule has 0 bridgehead atoms. The van der Waals surface area contributed by atoms with Gasteiger partial charge in [0.1, 0.15) is 11.6 Å². The maximum atomic E-state index is 11.7. The molecule has 0 fully saturated rings. The number of carbonyl (C=O) groups excluding carboxylic acids is 1. The van der Waals surface area contributed by atoms with Crippen molar-refractivity contribution in [1.29, 1.82) is 0 Å². The Morgan fingerprint density at radius 1 is 1.43 bits per heavy atom. The van der Waals surface area contributed by atoms with E-state index >= 15 is 0 Å². The Balaban J connectivity index is 2.76. The van der Waals surface area contributed by atoms with Crippen LogP contribution in [0.25, 0.3) is 0 Å². The van der Waals surface area contributed by atoms with Crippen molar-refractivity contribution in [1.82, 2.24) is 5.32 Å². The second kappa shape index (κ2) is 7.31. The summed E-state index contributed by atoms with van der Waals surface area (Å²) in [6.45, 7) is 5.13. The van der Waals surface area contributed by atoms with E-state index < -0.39 is 23.7 Å². The summed E-state index contributed by atoms with van der Waals surface area (Å²) >= 11 is 8.09. The van der Waals surface area contributed by atoms with Gasteiger partial charge in [-0.05, 0) is 61.1 Å². The van der Waals surface area contributed by atoms with Crippen LogP contribution in [0, 0.1) is 3.57 Å². The summed E-state index contributed by atoms with van der Waals surface area (Å²) < 4.78 is 5.94. The predicted octanol–water partition coefficient (Wildman–Crippen LogP) is 3.47. The van der Waals surface area contributed by atoms with E-state index in [0.717, 1.165) is 9.13 Å². The minimum atomic E-state index is -1.13. The number of hydrogen-bond donors (Lipinski definition) is 2. The predicted molar refractivity (Wildman–Crippen MR) is 88.7 cm³/mol. The number of amides is 1. The largest absolute Gasteiger partial charge is 0.480 e. The van der Waals surface area contributed by atoms with E-state index in [9.17, 15) is 14.7 Å². The molecule has 0 aliphatic rings. The van der Waals surface area contributed by atoms with Gasteiger partial charge in [-0.2, -0.15) is 0 Å². The number of carboxylic acids is 1. The number of ether oxygens (including phenoxy) is 1. The average Bonchev–Trinajstić information content (AvgIpc) is 2.30. The molecule has 0 saturated carbocycles. The molecule has 1 rings (SSSR count). The summed E-state index contributed by atoms with van der Waals surface area (Å²) in [7, 11) is 0. The third kappa shape index (κ3) is 6.52. The summed E-state index contributed by atoms with van der Waals surface area (Å²) in [4.78, 5) is 22.9. The van der Waals surface area contributed by atoms with Crippen molar-refractivity contribution in [3.63, 3.8) is 0 Å². The molecule has 0 aromatic heterocycles. The molecule has 7 heteroatoms. The number of benzene rings is 1. The smallest absolute Gasteiger partial charge is 0.408 e. The van der Waals surface area contributed by atoms with Gasteiger partial charge in [-0.3, -0.25) is 0 Å². The van der Waals surface area contributed by atoms with E-state index in [1.165, 1.54) is 0 Å². The Bertz CT molecular complexity index is 542. The molecule has 0 aliphatic heterocycles. The normalized spacial score (nSPS) is 12.6. The minimum Gasteiger partial charge on any atom is -0.480 e. The molecule has 0 heterocycles. The van der Waals surface area contributed by atoms with Crippen LogP contribution in [0.3, 0.4) is 0 Å². The molecule has 1 aromatic rings. The lowest BCUT2D eigenvalue weighted by Gasteiger charge is -2.22. The van der Waals surface area contributed by atoms with Gasteiger partial charge in [0.15, 0.2) is 0 Å². The molecule has 21 heavy (non-hydrogen) atoms. The number of nitrogens with one attached hydrogen (secondary N) is 1. The van der Waals surface area contributed by atoms with Gasteiger partial charge < -0.3 is 15.2 Å². The first-order valence-electron chi connectivity index (χ1n) is 6.25. The number of hydrogen-bond acceptors (Lipinski definition) is 3. The summed E-state index contributed by atoms with van der Waals surface area (Å²) in [5.41, 5.74) is 0.0446. The Morgan fingerprint density at radius 3 is 2.52 bits per heavy atom. The molecular formula is C14H17ClINO4. The Morgan fingerprint density at radius 2 is 2.05 bits per heavy atom. The molecular weight excluding hydrogens is 409 g/mol. The standard InChI is InChI=1S/C14H17ClINO4/c1-14(2,3)21-13(20)17-11(12(18)19)7-8-4-5-10(16)9(15)6-8/h4-6,11H,7H2,1-3H3,(H,17,20)(H,18,19)/t11-/m1/s1. The molecule has 116 valence electrons. The van der Waals surface area contributed by atoms with E-state index in [0.29, 0.717) is 5.02 Å². The van der Waals surface area contributed by atoms with E-state index in [1.54, 1.807) is 39.0 Å². The fourth-order valence-corrected chi connectivity index (χ4v) is 2.09. The second-order valence-electron chi connectivity index (χ2n) is 5.49. The van der Waals surface area contributed by atoms with Gasteiger partial charge >= 0.3 is 12.1 Å². The Labute approximate surface area is 142 Å². The van der Waals surface area contributed by atoms with Crippen molar-refractivity contribution in [3.05, 3.63) is 32.4 Å². The highest BCUT2D eigenvalue weighted by atomic mass is 127. The van der Waals surface area contributed by atoms with Crippen molar-refractivity contribution < 1.29 is 19.4 Å². The van der Waals surface area contributed by atoms with Crippen LogP contribution in [0.15, 0.2) is 18.2 Å². The number of rotatable bonds is 4. The molecule has 0 spiro atoms. The lowest BCUT2D eigenvalue weighted by atomic mass is 10.1. The molecule has 0 aliphatic carbocycles. The van der Waals surface area contributed by atoms with Gasteiger partial charge in [-0.15, -0.1) is 0 Å². The van der Waals surface area contributed by atoms with Crippen molar-refractivity contribution in [2.75, 3.05) is 0 Å². The Kier molecular flexibility index (Phi) is 6.27. The van der Waals surface area contributed by atoms with Gasteiger partial charge in [0, 0.05) is 9.99 Å². The highest BCUT2D eigenvalue weighted by molar-refractivity contribution is 14.1. The van der Waals surface area contributed by atoms with Crippen LogP contribution in [0.1, 0.15) is 26.3 Å². The van der Waals surface area contributed by atoms with Crippen LogP contribution in [-0.4, -0.2) is 28.8 Å². The molecule has 1 amide bonds. The monoisotopic (exact) mass is 425 g/mol. The van der Waals surface area contributed by atoms with Crippen molar-refractivity contribution in [2.45, 2.75) is 38.8 Å². The van der Waals surface area contributed by atoms with Crippen LogP contribution in [0.2, 0.25) is 5.02 Å². The van der Waals surface area contributed by atoms with Gasteiger partial charge in [-0.1, -0.05) is 17.7 Å². The topological polar surface area (TPSA) is 75.6 Å². The van der Waals surface area contributed by atoms with Gasteiger partial charge in [0.05, 0.1) is 5.02 Å². The quantitative estimate of drug-likeness (QED) is 0.725. The first-order valence-corrected chi connectivity index (χ1v) is 7.70. The summed E-state index contributed by atoms with van der Waals surface area (Å²) in [5, 5.41) is 12.1.